The Morgan fingerprint density at radius 3 is 2.80 bits per heavy atom. The maximum Gasteiger partial charge on any atom is 0.255 e. The largest absolute Gasteiger partial charge is 0.377 e. The average Bonchev–Trinajstić information content (AvgIpc) is 3.15. The molecule has 2 aromatic rings. The molecule has 134 valence electrons. The van der Waals surface area contributed by atoms with E-state index in [-0.39, 0.29) is 5.54 Å². The summed E-state index contributed by atoms with van der Waals surface area (Å²) in [4.78, 5) is 16.3. The van der Waals surface area contributed by atoms with E-state index < -0.39 is 0 Å². The molecule has 2 fully saturated rings. The number of aryl methyl sites for hydroxylation is 1. The van der Waals surface area contributed by atoms with Gasteiger partial charge in [-0.15, -0.1) is 0 Å². The Bertz CT molecular complexity index is 699. The first-order valence-corrected chi connectivity index (χ1v) is 9.11. The Morgan fingerprint density at radius 2 is 2.08 bits per heavy atom. The van der Waals surface area contributed by atoms with Crippen LogP contribution in [-0.2, 0) is 11.2 Å². The molecule has 0 saturated carbocycles. The zero-order valence-electron chi connectivity index (χ0n) is 14.7. The summed E-state index contributed by atoms with van der Waals surface area (Å²) < 4.78 is 7.12. The highest BCUT2D eigenvalue weighted by atomic mass is 16.5. The molecule has 2 aliphatic heterocycles. The second-order valence-electron chi connectivity index (χ2n) is 6.88. The maximum atomic E-state index is 5.42. The van der Waals surface area contributed by atoms with Gasteiger partial charge in [0.05, 0.1) is 18.8 Å². The molecule has 0 aromatic carbocycles. The number of unbranched alkanes of at least 4 members (excludes halogenated alkanes) is 2. The van der Waals surface area contributed by atoms with Crippen molar-refractivity contribution in [1.29, 1.82) is 0 Å². The van der Waals surface area contributed by atoms with Crippen LogP contribution in [0.3, 0.4) is 0 Å². The molecule has 2 aliphatic rings. The van der Waals surface area contributed by atoms with E-state index >= 15 is 0 Å². The van der Waals surface area contributed by atoms with Crippen molar-refractivity contribution in [3.05, 3.63) is 24.3 Å². The molecule has 0 unspecified atom stereocenters. The predicted octanol–water partition coefficient (Wildman–Crippen LogP) is 0.969. The predicted molar refractivity (Wildman–Crippen MR) is 93.9 cm³/mol. The van der Waals surface area contributed by atoms with Gasteiger partial charge in [0.2, 0.25) is 5.95 Å². The Kier molecular flexibility index (Phi) is 4.63. The molecule has 25 heavy (non-hydrogen) atoms. The lowest BCUT2D eigenvalue weighted by atomic mass is 9.95. The number of ether oxygens (including phenoxy) is 1. The van der Waals surface area contributed by atoms with Crippen molar-refractivity contribution < 1.29 is 4.74 Å². The lowest BCUT2D eigenvalue weighted by Crippen LogP contribution is -2.70. The van der Waals surface area contributed by atoms with Gasteiger partial charge in [0.1, 0.15) is 5.82 Å². The number of aromatic nitrogens is 5. The molecule has 4 heterocycles. The highest BCUT2D eigenvalue weighted by Crippen LogP contribution is 2.24. The molecule has 2 saturated heterocycles. The molecule has 4 rings (SSSR count). The molecule has 0 aliphatic carbocycles. The molecule has 8 nitrogen and oxygen atoms in total. The number of piperazine rings is 1. The fraction of sp³-hybridized carbons (Fsp3) is 0.647. The quantitative estimate of drug-likeness (QED) is 0.783. The van der Waals surface area contributed by atoms with E-state index in [1.165, 1.54) is 12.8 Å². The van der Waals surface area contributed by atoms with Crippen molar-refractivity contribution in [2.75, 3.05) is 37.7 Å². The van der Waals surface area contributed by atoms with E-state index in [0.29, 0.717) is 5.95 Å². The lowest BCUT2D eigenvalue weighted by molar-refractivity contribution is -0.0744. The molecule has 2 aromatic heterocycles. The summed E-state index contributed by atoms with van der Waals surface area (Å²) in [5.41, 5.74) is 0.0547. The van der Waals surface area contributed by atoms with Crippen LogP contribution in [0.2, 0.25) is 0 Å². The smallest absolute Gasteiger partial charge is 0.255 e. The standard InChI is InChI=1S/C17H25N7O/c1-2-3-4-6-14-20-15(22-16(21-14)24-9-5-7-19-24)23-10-8-18-17(11-23)12-25-13-17/h5,7,9,18H,2-4,6,8,10-13H2,1H3. The second-order valence-corrected chi connectivity index (χ2v) is 6.88. The number of anilines is 1. The maximum absolute atomic E-state index is 5.42. The van der Waals surface area contributed by atoms with Crippen molar-refractivity contribution in [3.8, 4) is 5.95 Å². The third-order valence-electron chi connectivity index (χ3n) is 4.79. The first kappa shape index (κ1) is 16.4. The molecule has 0 atom stereocenters. The van der Waals surface area contributed by atoms with Crippen molar-refractivity contribution in [2.45, 2.75) is 38.1 Å². The number of nitrogens with one attached hydrogen (secondary N) is 1. The van der Waals surface area contributed by atoms with Gasteiger partial charge < -0.3 is 15.0 Å². The summed E-state index contributed by atoms with van der Waals surface area (Å²) in [6.07, 6.45) is 7.95. The highest BCUT2D eigenvalue weighted by Gasteiger charge is 2.42. The molecule has 0 amide bonds. The fourth-order valence-corrected chi connectivity index (χ4v) is 3.34. The first-order chi connectivity index (χ1) is 12.3. The normalized spacial score (nSPS) is 19.2. The van der Waals surface area contributed by atoms with Crippen LogP contribution in [0.4, 0.5) is 5.95 Å². The molecule has 1 N–H and O–H groups in total. The third kappa shape index (κ3) is 3.50. The SMILES string of the molecule is CCCCCc1nc(N2CCNC3(COC3)C2)nc(-n2cccn2)n1. The van der Waals surface area contributed by atoms with Gasteiger partial charge in [-0.25, -0.2) is 4.68 Å². The van der Waals surface area contributed by atoms with Crippen LogP contribution in [0, 0.1) is 0 Å². The first-order valence-electron chi connectivity index (χ1n) is 9.11. The summed E-state index contributed by atoms with van der Waals surface area (Å²) in [5.74, 6) is 2.19. The lowest BCUT2D eigenvalue weighted by Gasteiger charge is -2.48. The van der Waals surface area contributed by atoms with Gasteiger partial charge in [-0.2, -0.15) is 20.1 Å². The van der Waals surface area contributed by atoms with Crippen molar-refractivity contribution in [1.82, 2.24) is 30.0 Å². The van der Waals surface area contributed by atoms with Crippen molar-refractivity contribution in [3.63, 3.8) is 0 Å². The van der Waals surface area contributed by atoms with E-state index in [9.17, 15) is 0 Å². The fourth-order valence-electron chi connectivity index (χ4n) is 3.34. The summed E-state index contributed by atoms with van der Waals surface area (Å²) in [6.45, 7) is 6.38. The topological polar surface area (TPSA) is 81.0 Å². The summed E-state index contributed by atoms with van der Waals surface area (Å²) in [7, 11) is 0. The van der Waals surface area contributed by atoms with E-state index in [0.717, 1.165) is 57.5 Å². The molecule has 1 spiro atoms. The van der Waals surface area contributed by atoms with E-state index in [2.05, 4.69) is 32.2 Å². The average molecular weight is 343 g/mol. The Labute approximate surface area is 147 Å². The minimum atomic E-state index is 0.0547. The zero-order chi connectivity index (χ0) is 17.1. The number of rotatable bonds is 6. The molecular weight excluding hydrogens is 318 g/mol. The monoisotopic (exact) mass is 343 g/mol. The van der Waals surface area contributed by atoms with Gasteiger partial charge in [-0.3, -0.25) is 0 Å². The van der Waals surface area contributed by atoms with Crippen LogP contribution >= 0.6 is 0 Å². The van der Waals surface area contributed by atoms with Gasteiger partial charge in [0.15, 0.2) is 0 Å². The van der Waals surface area contributed by atoms with Gasteiger partial charge in [0.25, 0.3) is 5.95 Å². The molecule has 0 radical (unpaired) electrons. The van der Waals surface area contributed by atoms with E-state index in [1.807, 2.05) is 12.3 Å². The second kappa shape index (κ2) is 7.05. The van der Waals surface area contributed by atoms with E-state index in [4.69, 9.17) is 9.72 Å². The van der Waals surface area contributed by atoms with Crippen LogP contribution in [0.1, 0.15) is 32.0 Å². The number of hydrogen-bond donors (Lipinski definition) is 1. The Morgan fingerprint density at radius 1 is 1.20 bits per heavy atom. The Hall–Kier alpha value is -2.06. The van der Waals surface area contributed by atoms with Gasteiger partial charge in [0, 0.05) is 38.4 Å². The summed E-state index contributed by atoms with van der Waals surface area (Å²) in [5, 5.41) is 7.85. The third-order valence-corrected chi connectivity index (χ3v) is 4.79. The summed E-state index contributed by atoms with van der Waals surface area (Å²) in [6, 6.07) is 1.88. The Balaban J connectivity index is 1.61. The van der Waals surface area contributed by atoms with Crippen LogP contribution in [0.5, 0.6) is 0 Å². The minimum absolute atomic E-state index is 0.0547. The molecular formula is C17H25N7O. The highest BCUT2D eigenvalue weighted by molar-refractivity contribution is 5.35. The van der Waals surface area contributed by atoms with Crippen molar-refractivity contribution in [2.24, 2.45) is 0 Å². The van der Waals surface area contributed by atoms with E-state index in [1.54, 1.807) is 10.9 Å². The zero-order valence-corrected chi connectivity index (χ0v) is 14.7. The molecule has 0 bridgehead atoms. The van der Waals surface area contributed by atoms with Gasteiger partial charge >= 0.3 is 0 Å². The van der Waals surface area contributed by atoms with Crippen LogP contribution in [-0.4, -0.2) is 63.1 Å². The van der Waals surface area contributed by atoms with Crippen LogP contribution in [0.25, 0.3) is 5.95 Å². The van der Waals surface area contributed by atoms with Crippen LogP contribution in [0.15, 0.2) is 18.5 Å². The molecule has 8 heteroatoms. The summed E-state index contributed by atoms with van der Waals surface area (Å²) >= 11 is 0. The minimum Gasteiger partial charge on any atom is -0.377 e. The number of nitrogens with zero attached hydrogens (tertiary/aromatic N) is 6. The van der Waals surface area contributed by atoms with Crippen molar-refractivity contribution >= 4 is 5.95 Å². The van der Waals surface area contributed by atoms with Gasteiger partial charge in [-0.05, 0) is 12.5 Å². The van der Waals surface area contributed by atoms with Gasteiger partial charge in [-0.1, -0.05) is 19.8 Å². The number of hydrogen-bond acceptors (Lipinski definition) is 7. The van der Waals surface area contributed by atoms with Crippen LogP contribution < -0.4 is 10.2 Å².